The van der Waals surface area contributed by atoms with Crippen molar-refractivity contribution < 1.29 is 14.3 Å². The maximum atomic E-state index is 13.1. The minimum Gasteiger partial charge on any atom is -0.465 e. The van der Waals surface area contributed by atoms with E-state index in [0.717, 1.165) is 4.68 Å². The SMILES string of the molecule is CCOC(=O)Cn1nc(-c2ccc(Cl)cc2)c(-c2ccc(Cl)cc2)c(C(C)=O)c1=O. The molecule has 6 nitrogen and oxygen atoms in total. The predicted molar refractivity (Wildman–Crippen MR) is 116 cm³/mol. The van der Waals surface area contributed by atoms with Crippen LogP contribution < -0.4 is 5.56 Å². The van der Waals surface area contributed by atoms with Crippen LogP contribution in [0.5, 0.6) is 0 Å². The van der Waals surface area contributed by atoms with Gasteiger partial charge >= 0.3 is 5.97 Å². The van der Waals surface area contributed by atoms with E-state index in [4.69, 9.17) is 27.9 Å². The maximum absolute atomic E-state index is 13.1. The first kappa shape index (κ1) is 21.7. The Kier molecular flexibility index (Phi) is 6.70. The number of benzene rings is 2. The number of halogens is 2. The number of Topliss-reactive ketones (excluding diaryl/α,β-unsaturated/α-hetero) is 1. The Morgan fingerprint density at radius 1 is 0.967 bits per heavy atom. The van der Waals surface area contributed by atoms with E-state index in [-0.39, 0.29) is 12.2 Å². The van der Waals surface area contributed by atoms with Crippen molar-refractivity contribution in [2.24, 2.45) is 0 Å². The van der Waals surface area contributed by atoms with Crippen LogP contribution in [0, 0.1) is 0 Å². The summed E-state index contributed by atoms with van der Waals surface area (Å²) in [6.07, 6.45) is 0. The van der Waals surface area contributed by atoms with E-state index >= 15 is 0 Å². The third-order valence-corrected chi connectivity index (χ3v) is 4.85. The van der Waals surface area contributed by atoms with Crippen LogP contribution in [0.4, 0.5) is 0 Å². The molecule has 0 saturated carbocycles. The molecule has 0 atom stereocenters. The summed E-state index contributed by atoms with van der Waals surface area (Å²) >= 11 is 12.0. The number of hydrogen-bond donors (Lipinski definition) is 0. The molecule has 3 rings (SSSR count). The summed E-state index contributed by atoms with van der Waals surface area (Å²) in [7, 11) is 0. The number of hydrogen-bond acceptors (Lipinski definition) is 5. The Morgan fingerprint density at radius 2 is 1.50 bits per heavy atom. The average molecular weight is 445 g/mol. The third-order valence-electron chi connectivity index (χ3n) is 4.34. The third kappa shape index (κ3) is 4.61. The fourth-order valence-electron chi connectivity index (χ4n) is 3.04. The van der Waals surface area contributed by atoms with Crippen LogP contribution in [0.3, 0.4) is 0 Å². The van der Waals surface area contributed by atoms with E-state index in [0.29, 0.717) is 32.4 Å². The van der Waals surface area contributed by atoms with E-state index in [1.54, 1.807) is 55.5 Å². The smallest absolute Gasteiger partial charge is 0.327 e. The van der Waals surface area contributed by atoms with E-state index in [2.05, 4.69) is 5.10 Å². The normalized spacial score (nSPS) is 10.7. The van der Waals surface area contributed by atoms with Crippen LogP contribution in [0.25, 0.3) is 22.4 Å². The Labute approximate surface area is 183 Å². The molecule has 154 valence electrons. The van der Waals surface area contributed by atoms with Crippen LogP contribution in [-0.2, 0) is 16.1 Å². The number of carbonyl (C=O) groups excluding carboxylic acids is 2. The fraction of sp³-hybridized carbons (Fsp3) is 0.182. The van der Waals surface area contributed by atoms with E-state index in [9.17, 15) is 14.4 Å². The van der Waals surface area contributed by atoms with E-state index in [1.165, 1.54) is 6.92 Å². The molecule has 0 spiro atoms. The summed E-state index contributed by atoms with van der Waals surface area (Å²) in [6.45, 7) is 2.73. The molecule has 2 aromatic carbocycles. The topological polar surface area (TPSA) is 78.3 Å². The molecule has 0 aliphatic rings. The Balaban J connectivity index is 2.35. The lowest BCUT2D eigenvalue weighted by Crippen LogP contribution is -2.32. The summed E-state index contributed by atoms with van der Waals surface area (Å²) in [5.41, 5.74) is 1.22. The lowest BCUT2D eigenvalue weighted by molar-refractivity contribution is -0.144. The van der Waals surface area contributed by atoms with Gasteiger partial charge in [0.2, 0.25) is 0 Å². The molecule has 0 fully saturated rings. The first-order chi connectivity index (χ1) is 14.3. The van der Waals surface area contributed by atoms with Gasteiger partial charge in [0.05, 0.1) is 17.9 Å². The zero-order valence-corrected chi connectivity index (χ0v) is 17.8. The van der Waals surface area contributed by atoms with Crippen molar-refractivity contribution in [3.8, 4) is 22.4 Å². The monoisotopic (exact) mass is 444 g/mol. The van der Waals surface area contributed by atoms with Crippen molar-refractivity contribution in [1.29, 1.82) is 0 Å². The second-order valence-electron chi connectivity index (χ2n) is 6.44. The van der Waals surface area contributed by atoms with Gasteiger partial charge in [-0.3, -0.25) is 14.4 Å². The van der Waals surface area contributed by atoms with Crippen LogP contribution in [0.1, 0.15) is 24.2 Å². The molecule has 0 bridgehead atoms. The lowest BCUT2D eigenvalue weighted by Gasteiger charge is -2.16. The number of carbonyl (C=O) groups is 2. The van der Waals surface area contributed by atoms with Gasteiger partial charge in [0, 0.05) is 21.2 Å². The number of aromatic nitrogens is 2. The molecule has 30 heavy (non-hydrogen) atoms. The lowest BCUT2D eigenvalue weighted by atomic mass is 9.94. The van der Waals surface area contributed by atoms with Crippen LogP contribution in [0.15, 0.2) is 53.3 Å². The molecule has 1 aromatic heterocycles. The van der Waals surface area contributed by atoms with Gasteiger partial charge in [0.15, 0.2) is 5.78 Å². The molecule has 0 aliphatic carbocycles. The number of ether oxygens (including phenoxy) is 1. The van der Waals surface area contributed by atoms with Crippen molar-refractivity contribution in [3.05, 3.63) is 74.5 Å². The highest BCUT2D eigenvalue weighted by Gasteiger charge is 2.24. The zero-order valence-electron chi connectivity index (χ0n) is 16.3. The summed E-state index contributed by atoms with van der Waals surface area (Å²) < 4.78 is 5.89. The van der Waals surface area contributed by atoms with Gasteiger partial charge in [-0.15, -0.1) is 0 Å². The highest BCUT2D eigenvalue weighted by molar-refractivity contribution is 6.31. The molecule has 0 amide bonds. The summed E-state index contributed by atoms with van der Waals surface area (Å²) in [6, 6.07) is 13.6. The number of ketones is 1. The molecule has 0 unspecified atom stereocenters. The van der Waals surface area contributed by atoms with Gasteiger partial charge in [-0.25, -0.2) is 4.68 Å². The first-order valence-corrected chi connectivity index (χ1v) is 9.91. The molecule has 8 heteroatoms. The van der Waals surface area contributed by atoms with Crippen LogP contribution in [0.2, 0.25) is 10.0 Å². The molecular formula is C22H18Cl2N2O4. The largest absolute Gasteiger partial charge is 0.465 e. The summed E-state index contributed by atoms with van der Waals surface area (Å²) in [5.74, 6) is -1.07. The van der Waals surface area contributed by atoms with Crippen molar-refractivity contribution in [2.75, 3.05) is 6.61 Å². The Bertz CT molecular complexity index is 1150. The van der Waals surface area contributed by atoms with Crippen LogP contribution in [-0.4, -0.2) is 28.1 Å². The van der Waals surface area contributed by atoms with Crippen LogP contribution >= 0.6 is 23.2 Å². The molecule has 0 saturated heterocycles. The summed E-state index contributed by atoms with van der Waals surface area (Å²) in [4.78, 5) is 37.6. The maximum Gasteiger partial charge on any atom is 0.327 e. The molecule has 1 heterocycles. The second kappa shape index (κ2) is 9.24. The van der Waals surface area contributed by atoms with Gasteiger partial charge in [0.25, 0.3) is 5.56 Å². The van der Waals surface area contributed by atoms with E-state index < -0.39 is 23.9 Å². The van der Waals surface area contributed by atoms with Gasteiger partial charge < -0.3 is 4.74 Å². The highest BCUT2D eigenvalue weighted by atomic mass is 35.5. The molecule has 3 aromatic rings. The highest BCUT2D eigenvalue weighted by Crippen LogP contribution is 2.33. The van der Waals surface area contributed by atoms with E-state index in [1.807, 2.05) is 0 Å². The summed E-state index contributed by atoms with van der Waals surface area (Å²) in [5, 5.41) is 5.45. The van der Waals surface area contributed by atoms with Gasteiger partial charge in [-0.05, 0) is 43.7 Å². The number of esters is 1. The van der Waals surface area contributed by atoms with Crippen molar-refractivity contribution in [2.45, 2.75) is 20.4 Å². The van der Waals surface area contributed by atoms with Gasteiger partial charge in [-0.2, -0.15) is 5.10 Å². The zero-order chi connectivity index (χ0) is 21.8. The Hall–Kier alpha value is -2.96. The number of rotatable bonds is 6. The average Bonchev–Trinajstić information content (AvgIpc) is 2.70. The van der Waals surface area contributed by atoms with Crippen molar-refractivity contribution >= 4 is 35.0 Å². The van der Waals surface area contributed by atoms with Gasteiger partial charge in [-0.1, -0.05) is 47.5 Å². The van der Waals surface area contributed by atoms with Crippen molar-refractivity contribution in [1.82, 2.24) is 9.78 Å². The quantitative estimate of drug-likeness (QED) is 0.408. The second-order valence-corrected chi connectivity index (χ2v) is 7.31. The standard InChI is InChI=1S/C22H18Cl2N2O4/c1-3-30-18(28)12-26-22(29)19(13(2)27)20(14-4-8-16(23)9-5-14)21(25-26)15-6-10-17(24)11-7-15/h4-11H,3,12H2,1-2H3. The predicted octanol–water partition coefficient (Wildman–Crippen LogP) is 4.65. The minimum absolute atomic E-state index is 0.0680. The molecule has 0 N–H and O–H groups in total. The molecule has 0 aliphatic heterocycles. The minimum atomic E-state index is -0.668. The van der Waals surface area contributed by atoms with Crippen molar-refractivity contribution in [3.63, 3.8) is 0 Å². The van der Waals surface area contributed by atoms with Gasteiger partial charge in [0.1, 0.15) is 6.54 Å². The number of nitrogens with zero attached hydrogens (tertiary/aromatic N) is 2. The molecule has 0 radical (unpaired) electrons. The molecular weight excluding hydrogens is 427 g/mol. The first-order valence-electron chi connectivity index (χ1n) is 9.15. The fourth-order valence-corrected chi connectivity index (χ4v) is 3.29. The Morgan fingerprint density at radius 3 is 2.00 bits per heavy atom.